The molecule has 0 bridgehead atoms. The van der Waals surface area contributed by atoms with Crippen molar-refractivity contribution in [2.75, 3.05) is 26.8 Å². The van der Waals surface area contributed by atoms with Gasteiger partial charge in [0.25, 0.3) is 0 Å². The Kier molecular flexibility index (Phi) is 8.51. The zero-order valence-electron chi connectivity index (χ0n) is 15.1. The van der Waals surface area contributed by atoms with Crippen molar-refractivity contribution < 1.29 is 19.0 Å². The van der Waals surface area contributed by atoms with Crippen molar-refractivity contribution in [1.29, 1.82) is 5.26 Å². The van der Waals surface area contributed by atoms with Gasteiger partial charge in [-0.05, 0) is 38.6 Å². The van der Waals surface area contributed by atoms with Gasteiger partial charge in [0.15, 0.2) is 5.79 Å². The van der Waals surface area contributed by atoms with E-state index >= 15 is 0 Å². The second kappa shape index (κ2) is 10.1. The summed E-state index contributed by atoms with van der Waals surface area (Å²) in [6.07, 6.45) is 8.18. The molecule has 6 heteroatoms. The van der Waals surface area contributed by atoms with Crippen molar-refractivity contribution >= 4 is 5.97 Å². The number of esters is 1. The van der Waals surface area contributed by atoms with Crippen molar-refractivity contribution in [3.63, 3.8) is 0 Å². The number of carbonyl (C=O) groups is 1. The molecule has 0 N–H and O–H groups in total. The minimum Gasteiger partial charge on any atom is -0.459 e. The zero-order valence-corrected chi connectivity index (χ0v) is 15.1. The van der Waals surface area contributed by atoms with Crippen LogP contribution in [0.1, 0.15) is 40.0 Å². The number of allylic oxidation sites excluding steroid dienone is 2. The van der Waals surface area contributed by atoms with Gasteiger partial charge >= 0.3 is 5.97 Å². The highest BCUT2D eigenvalue weighted by atomic mass is 16.7. The lowest BCUT2D eigenvalue weighted by Crippen LogP contribution is -2.25. The van der Waals surface area contributed by atoms with E-state index in [0.717, 1.165) is 13.0 Å². The van der Waals surface area contributed by atoms with Gasteiger partial charge in [-0.1, -0.05) is 19.8 Å². The SMILES string of the molecule is CCCCCN(C)/C=C/C=C(\C#N)C(=O)OCC1COC(C)(C)O1. The Morgan fingerprint density at radius 2 is 2.21 bits per heavy atom. The minimum absolute atomic E-state index is 0.0358. The molecule has 0 spiro atoms. The molecule has 1 unspecified atom stereocenters. The van der Waals surface area contributed by atoms with Crippen LogP contribution in [0.3, 0.4) is 0 Å². The molecule has 1 atom stereocenters. The first kappa shape index (κ1) is 20.2. The number of hydrogen-bond donors (Lipinski definition) is 0. The van der Waals surface area contributed by atoms with Gasteiger partial charge in [0.05, 0.1) is 6.61 Å². The molecule has 0 aliphatic carbocycles. The molecule has 1 saturated heterocycles. The Hall–Kier alpha value is -1.84. The molecule has 0 aromatic heterocycles. The van der Waals surface area contributed by atoms with Gasteiger partial charge in [0, 0.05) is 13.6 Å². The maximum Gasteiger partial charge on any atom is 0.348 e. The van der Waals surface area contributed by atoms with Crippen LogP contribution < -0.4 is 0 Å². The Morgan fingerprint density at radius 3 is 2.79 bits per heavy atom. The number of nitrogens with zero attached hydrogens (tertiary/aromatic N) is 2. The highest BCUT2D eigenvalue weighted by Crippen LogP contribution is 2.22. The highest BCUT2D eigenvalue weighted by Gasteiger charge is 2.33. The number of ether oxygens (including phenoxy) is 3. The maximum atomic E-state index is 11.9. The fraction of sp³-hybridized carbons (Fsp3) is 0.667. The smallest absolute Gasteiger partial charge is 0.348 e. The summed E-state index contributed by atoms with van der Waals surface area (Å²) in [5.74, 6) is -1.31. The van der Waals surface area contributed by atoms with Gasteiger partial charge in [0.1, 0.15) is 24.4 Å². The molecule has 6 nitrogen and oxygen atoms in total. The van der Waals surface area contributed by atoms with E-state index in [0.29, 0.717) is 6.61 Å². The summed E-state index contributed by atoms with van der Waals surface area (Å²) in [6, 6.07) is 1.86. The molecule has 0 aromatic carbocycles. The summed E-state index contributed by atoms with van der Waals surface area (Å²) in [7, 11) is 1.96. The lowest BCUT2D eigenvalue weighted by Gasteiger charge is -2.16. The van der Waals surface area contributed by atoms with Crippen LogP contribution >= 0.6 is 0 Å². The lowest BCUT2D eigenvalue weighted by atomic mass is 10.2. The maximum absolute atomic E-state index is 11.9. The Morgan fingerprint density at radius 1 is 1.46 bits per heavy atom. The Bertz CT molecular complexity index is 506. The van der Waals surface area contributed by atoms with Crippen LogP contribution in [0.25, 0.3) is 0 Å². The highest BCUT2D eigenvalue weighted by molar-refractivity contribution is 5.93. The summed E-state index contributed by atoms with van der Waals surface area (Å²) in [6.45, 7) is 7.15. The van der Waals surface area contributed by atoms with Crippen molar-refractivity contribution in [1.82, 2.24) is 4.90 Å². The second-order valence-electron chi connectivity index (χ2n) is 6.27. The summed E-state index contributed by atoms with van der Waals surface area (Å²) in [5.41, 5.74) is -0.0358. The summed E-state index contributed by atoms with van der Waals surface area (Å²) in [4.78, 5) is 13.9. The number of nitriles is 1. The third-order valence-electron chi connectivity index (χ3n) is 3.53. The van der Waals surface area contributed by atoms with Crippen LogP contribution in [0.15, 0.2) is 23.9 Å². The third kappa shape index (κ3) is 7.62. The molecular formula is C18H28N2O4. The zero-order chi connectivity index (χ0) is 18.0. The number of rotatable bonds is 9. The van der Waals surface area contributed by atoms with Gasteiger partial charge in [0.2, 0.25) is 0 Å². The van der Waals surface area contributed by atoms with Gasteiger partial charge < -0.3 is 19.1 Å². The van der Waals surface area contributed by atoms with E-state index in [-0.39, 0.29) is 18.3 Å². The van der Waals surface area contributed by atoms with Crippen molar-refractivity contribution in [3.05, 3.63) is 23.9 Å². The lowest BCUT2D eigenvalue weighted by molar-refractivity contribution is -0.155. The van der Waals surface area contributed by atoms with E-state index in [4.69, 9.17) is 19.5 Å². The largest absolute Gasteiger partial charge is 0.459 e. The van der Waals surface area contributed by atoms with Crippen LogP contribution in [0.2, 0.25) is 0 Å². The first-order valence-electron chi connectivity index (χ1n) is 8.35. The molecule has 0 amide bonds. The van der Waals surface area contributed by atoms with Gasteiger partial charge in [-0.15, -0.1) is 0 Å². The molecule has 0 aromatic rings. The predicted molar refractivity (Wildman–Crippen MR) is 90.9 cm³/mol. The van der Waals surface area contributed by atoms with Crippen LogP contribution in [0.5, 0.6) is 0 Å². The minimum atomic E-state index is -0.657. The average Bonchev–Trinajstić information content (AvgIpc) is 2.88. The topological polar surface area (TPSA) is 71.8 Å². The third-order valence-corrected chi connectivity index (χ3v) is 3.53. The molecule has 1 rings (SSSR count). The van der Waals surface area contributed by atoms with E-state index in [1.807, 2.05) is 24.2 Å². The summed E-state index contributed by atoms with van der Waals surface area (Å²) in [5, 5.41) is 9.09. The van der Waals surface area contributed by atoms with Crippen molar-refractivity contribution in [2.45, 2.75) is 51.9 Å². The molecular weight excluding hydrogens is 308 g/mol. The average molecular weight is 336 g/mol. The van der Waals surface area contributed by atoms with E-state index in [1.165, 1.54) is 18.9 Å². The van der Waals surface area contributed by atoms with E-state index < -0.39 is 11.8 Å². The molecule has 1 aliphatic rings. The predicted octanol–water partition coefficient (Wildman–Crippen LogP) is 2.77. The molecule has 1 heterocycles. The molecule has 1 fully saturated rings. The Labute approximate surface area is 144 Å². The summed E-state index contributed by atoms with van der Waals surface area (Å²) < 4.78 is 16.1. The number of carbonyl (C=O) groups excluding carboxylic acids is 1. The standard InChI is InChI=1S/C18H28N2O4/c1-5-6-7-10-20(4)11-8-9-15(12-19)17(21)22-13-16-14-23-18(2,3)24-16/h8-9,11,16H,5-7,10,13-14H2,1-4H3/b11-8+,15-9+. The van der Waals surface area contributed by atoms with Crippen LogP contribution in [-0.2, 0) is 19.0 Å². The normalized spacial score (nSPS) is 20.1. The fourth-order valence-corrected chi connectivity index (χ4v) is 2.21. The molecule has 0 radical (unpaired) electrons. The van der Waals surface area contributed by atoms with E-state index in [9.17, 15) is 4.79 Å². The molecule has 1 aliphatic heterocycles. The van der Waals surface area contributed by atoms with Crippen molar-refractivity contribution in [2.24, 2.45) is 0 Å². The quantitative estimate of drug-likeness (QED) is 0.212. The first-order chi connectivity index (χ1) is 11.4. The summed E-state index contributed by atoms with van der Waals surface area (Å²) >= 11 is 0. The van der Waals surface area contributed by atoms with Gasteiger partial charge in [-0.25, -0.2) is 4.79 Å². The van der Waals surface area contributed by atoms with Crippen LogP contribution in [0.4, 0.5) is 0 Å². The second-order valence-corrected chi connectivity index (χ2v) is 6.27. The number of unbranched alkanes of at least 4 members (excludes halogenated alkanes) is 2. The molecule has 24 heavy (non-hydrogen) atoms. The monoisotopic (exact) mass is 336 g/mol. The van der Waals surface area contributed by atoms with Crippen LogP contribution in [-0.4, -0.2) is 49.6 Å². The number of hydrogen-bond acceptors (Lipinski definition) is 6. The first-order valence-corrected chi connectivity index (χ1v) is 8.35. The fourth-order valence-electron chi connectivity index (χ4n) is 2.21. The van der Waals surface area contributed by atoms with Crippen molar-refractivity contribution in [3.8, 4) is 6.07 Å². The van der Waals surface area contributed by atoms with E-state index in [1.54, 1.807) is 19.9 Å². The molecule has 0 saturated carbocycles. The molecule has 134 valence electrons. The van der Waals surface area contributed by atoms with Gasteiger partial charge in [-0.3, -0.25) is 0 Å². The van der Waals surface area contributed by atoms with E-state index in [2.05, 4.69) is 6.92 Å². The van der Waals surface area contributed by atoms with Crippen LogP contribution in [0, 0.1) is 11.3 Å². The Balaban J connectivity index is 2.41. The van der Waals surface area contributed by atoms with Gasteiger partial charge in [-0.2, -0.15) is 5.26 Å².